The number of benzene rings is 2. The molecule has 0 amide bonds. The minimum atomic E-state index is -3.52. The van der Waals surface area contributed by atoms with Crippen molar-refractivity contribution in [1.82, 2.24) is 4.72 Å². The van der Waals surface area contributed by atoms with Crippen molar-refractivity contribution in [1.29, 1.82) is 0 Å². The summed E-state index contributed by atoms with van der Waals surface area (Å²) in [6.45, 7) is 0.140. The maximum absolute atomic E-state index is 11.9. The Hall–Kier alpha value is -2.18. The number of nitrogens with zero attached hydrogens (tertiary/aromatic N) is 1. The van der Waals surface area contributed by atoms with Gasteiger partial charge in [-0.25, -0.2) is 8.42 Å². The van der Waals surface area contributed by atoms with E-state index >= 15 is 0 Å². The zero-order valence-corrected chi connectivity index (χ0v) is 12.6. The normalized spacial score (nSPS) is 18.7. The van der Waals surface area contributed by atoms with Crippen LogP contribution in [0.25, 0.3) is 0 Å². The molecule has 1 aliphatic rings. The molecular formula is C16H16N2O3S. The predicted molar refractivity (Wildman–Crippen MR) is 84.3 cm³/mol. The van der Waals surface area contributed by atoms with Crippen LogP contribution < -0.4 is 4.72 Å². The average molecular weight is 316 g/mol. The lowest BCUT2D eigenvalue weighted by Crippen LogP contribution is -2.24. The average Bonchev–Trinajstić information content (AvgIpc) is 2.78. The zero-order chi connectivity index (χ0) is 15.6. The van der Waals surface area contributed by atoms with Crippen molar-refractivity contribution < 1.29 is 13.5 Å². The Bertz CT molecular complexity index is 801. The van der Waals surface area contributed by atoms with Crippen LogP contribution in [0.5, 0.6) is 0 Å². The first-order valence-corrected chi connectivity index (χ1v) is 8.43. The van der Waals surface area contributed by atoms with Gasteiger partial charge >= 0.3 is 0 Å². The monoisotopic (exact) mass is 316 g/mol. The molecule has 114 valence electrons. The highest BCUT2D eigenvalue weighted by atomic mass is 32.2. The second-order valence-corrected chi connectivity index (χ2v) is 6.79. The molecule has 0 aromatic heterocycles. The van der Waals surface area contributed by atoms with E-state index in [0.717, 1.165) is 5.56 Å². The largest absolute Gasteiger partial charge is 0.391 e. The van der Waals surface area contributed by atoms with Gasteiger partial charge in [0.2, 0.25) is 0 Å². The van der Waals surface area contributed by atoms with Crippen LogP contribution in [0.1, 0.15) is 11.1 Å². The third-order valence-corrected chi connectivity index (χ3v) is 4.83. The fourth-order valence-corrected chi connectivity index (χ4v) is 3.65. The fraction of sp³-hybridized carbons (Fsp3) is 0.188. The summed E-state index contributed by atoms with van der Waals surface area (Å²) in [5.74, 6) is 0.294. The van der Waals surface area contributed by atoms with Gasteiger partial charge in [0.15, 0.2) is 0 Å². The lowest BCUT2D eigenvalue weighted by atomic mass is 10.1. The lowest BCUT2D eigenvalue weighted by Gasteiger charge is -2.08. The van der Waals surface area contributed by atoms with Gasteiger partial charge in [-0.3, -0.25) is 9.71 Å². The Morgan fingerprint density at radius 3 is 2.50 bits per heavy atom. The summed E-state index contributed by atoms with van der Waals surface area (Å²) in [6.07, 6.45) is -0.182. The summed E-state index contributed by atoms with van der Waals surface area (Å²) in [5.41, 5.74) is 1.57. The van der Waals surface area contributed by atoms with Crippen LogP contribution in [-0.2, 0) is 16.4 Å². The van der Waals surface area contributed by atoms with Crippen LogP contribution in [0.15, 0.2) is 64.5 Å². The summed E-state index contributed by atoms with van der Waals surface area (Å²) in [4.78, 5) is 4.46. The molecule has 1 aliphatic heterocycles. The molecule has 0 spiro atoms. The van der Waals surface area contributed by atoms with E-state index in [1.54, 1.807) is 24.3 Å². The Labute approximate surface area is 129 Å². The van der Waals surface area contributed by atoms with Gasteiger partial charge in [-0.15, -0.1) is 0 Å². The molecule has 0 aliphatic carbocycles. The van der Waals surface area contributed by atoms with Gasteiger partial charge < -0.3 is 5.11 Å². The standard InChI is InChI=1S/C16H16N2O3S/c19-13(10-12-6-2-1-3-7-12)11-17-16-14-8-4-5-9-15(14)22(20,21)18-16/h1-9,13,19H,10-11H2,(H,17,18)/t13-/m0/s1. The molecule has 6 heteroatoms. The Morgan fingerprint density at radius 2 is 1.73 bits per heavy atom. The topological polar surface area (TPSA) is 78.8 Å². The zero-order valence-electron chi connectivity index (χ0n) is 11.8. The van der Waals surface area contributed by atoms with Crippen molar-refractivity contribution in [3.05, 3.63) is 65.7 Å². The number of amidine groups is 1. The molecule has 0 bridgehead atoms. The number of nitrogens with one attached hydrogen (secondary N) is 1. The van der Waals surface area contributed by atoms with Crippen molar-refractivity contribution >= 4 is 15.9 Å². The molecule has 3 rings (SSSR count). The van der Waals surface area contributed by atoms with Crippen LogP contribution in [0.4, 0.5) is 0 Å². The third-order valence-electron chi connectivity index (χ3n) is 3.44. The number of fused-ring (bicyclic) bond motifs is 1. The molecule has 1 heterocycles. The van der Waals surface area contributed by atoms with Crippen molar-refractivity contribution in [2.75, 3.05) is 6.54 Å². The van der Waals surface area contributed by atoms with Gasteiger partial charge in [-0.1, -0.05) is 42.5 Å². The second-order valence-electron chi connectivity index (χ2n) is 5.13. The van der Waals surface area contributed by atoms with E-state index in [1.807, 2.05) is 30.3 Å². The SMILES string of the molecule is O=S1(=O)NC(=NC[C@@H](O)Cc2ccccc2)c2ccccc21. The first-order valence-electron chi connectivity index (χ1n) is 6.95. The Morgan fingerprint density at radius 1 is 1.05 bits per heavy atom. The van der Waals surface area contributed by atoms with Gasteiger partial charge in [0.25, 0.3) is 10.0 Å². The number of aliphatic imine (C=N–C) groups is 1. The molecule has 2 N–H and O–H groups in total. The van der Waals surface area contributed by atoms with E-state index in [4.69, 9.17) is 0 Å². The maximum Gasteiger partial charge on any atom is 0.263 e. The summed E-state index contributed by atoms with van der Waals surface area (Å²) in [6, 6.07) is 16.3. The fourth-order valence-electron chi connectivity index (χ4n) is 2.40. The highest BCUT2D eigenvalue weighted by molar-refractivity contribution is 7.90. The number of aliphatic hydroxyl groups is 1. The maximum atomic E-state index is 11.9. The van der Waals surface area contributed by atoms with Gasteiger partial charge in [-0.05, 0) is 17.7 Å². The molecule has 22 heavy (non-hydrogen) atoms. The predicted octanol–water partition coefficient (Wildman–Crippen LogP) is 1.33. The number of sulfonamides is 1. The van der Waals surface area contributed by atoms with E-state index in [0.29, 0.717) is 17.8 Å². The van der Waals surface area contributed by atoms with E-state index in [1.165, 1.54) is 0 Å². The molecule has 5 nitrogen and oxygen atoms in total. The van der Waals surface area contributed by atoms with E-state index in [2.05, 4.69) is 9.71 Å². The van der Waals surface area contributed by atoms with Crippen molar-refractivity contribution in [3.63, 3.8) is 0 Å². The summed E-state index contributed by atoms with van der Waals surface area (Å²) < 4.78 is 26.3. The molecule has 0 unspecified atom stereocenters. The minimum Gasteiger partial charge on any atom is -0.391 e. The number of hydrogen-bond donors (Lipinski definition) is 2. The highest BCUT2D eigenvalue weighted by Crippen LogP contribution is 2.22. The molecule has 2 aromatic rings. The van der Waals surface area contributed by atoms with Crippen molar-refractivity contribution in [2.24, 2.45) is 4.99 Å². The van der Waals surface area contributed by atoms with Crippen LogP contribution in [0.2, 0.25) is 0 Å². The molecular weight excluding hydrogens is 300 g/mol. The van der Waals surface area contributed by atoms with Crippen LogP contribution >= 0.6 is 0 Å². The van der Waals surface area contributed by atoms with Gasteiger partial charge in [-0.2, -0.15) is 0 Å². The summed E-state index contributed by atoms with van der Waals surface area (Å²) in [5, 5.41) is 10.1. The smallest absolute Gasteiger partial charge is 0.263 e. The van der Waals surface area contributed by atoms with E-state index < -0.39 is 16.1 Å². The molecule has 0 saturated carbocycles. The van der Waals surface area contributed by atoms with E-state index in [-0.39, 0.29) is 11.4 Å². The van der Waals surface area contributed by atoms with Crippen LogP contribution in [0, 0.1) is 0 Å². The Kier molecular flexibility index (Phi) is 3.96. The first-order chi connectivity index (χ1) is 10.6. The number of rotatable bonds is 4. The quantitative estimate of drug-likeness (QED) is 0.893. The van der Waals surface area contributed by atoms with Crippen molar-refractivity contribution in [3.8, 4) is 0 Å². The van der Waals surface area contributed by atoms with Gasteiger partial charge in [0, 0.05) is 12.0 Å². The first kappa shape index (κ1) is 14.7. The molecule has 1 atom stereocenters. The van der Waals surface area contributed by atoms with Crippen LogP contribution in [0.3, 0.4) is 0 Å². The van der Waals surface area contributed by atoms with E-state index in [9.17, 15) is 13.5 Å². The summed E-state index contributed by atoms with van der Waals surface area (Å²) >= 11 is 0. The third kappa shape index (κ3) is 3.03. The van der Waals surface area contributed by atoms with Gasteiger partial charge in [0.05, 0.1) is 17.5 Å². The molecule has 0 radical (unpaired) electrons. The minimum absolute atomic E-state index is 0.140. The Balaban J connectivity index is 1.74. The molecule has 0 saturated heterocycles. The second kappa shape index (κ2) is 5.90. The summed E-state index contributed by atoms with van der Waals surface area (Å²) in [7, 11) is -3.52. The molecule has 0 fully saturated rings. The van der Waals surface area contributed by atoms with Crippen molar-refractivity contribution in [2.45, 2.75) is 17.4 Å². The van der Waals surface area contributed by atoms with Crippen LogP contribution in [-0.4, -0.2) is 32.0 Å². The highest BCUT2D eigenvalue weighted by Gasteiger charge is 2.30. The lowest BCUT2D eigenvalue weighted by molar-refractivity contribution is 0.184. The van der Waals surface area contributed by atoms with Gasteiger partial charge in [0.1, 0.15) is 5.84 Å². The molecule has 2 aromatic carbocycles. The number of aliphatic hydroxyl groups excluding tert-OH is 1. The number of hydrogen-bond acceptors (Lipinski definition) is 4.